The first-order chi connectivity index (χ1) is 16.7. The Morgan fingerprint density at radius 1 is 1.00 bits per heavy atom. The Bertz CT molecular complexity index is 1080. The van der Waals surface area contributed by atoms with Crippen molar-refractivity contribution in [3.05, 3.63) is 65.7 Å². The largest absolute Gasteiger partial charge is 0.352 e. The second-order valence-corrected chi connectivity index (χ2v) is 11.3. The number of benzene rings is 2. The van der Waals surface area contributed by atoms with Gasteiger partial charge in [0.1, 0.15) is 12.6 Å². The van der Waals surface area contributed by atoms with Crippen LogP contribution in [-0.2, 0) is 26.2 Å². The first-order valence-electron chi connectivity index (χ1n) is 12.4. The SMILES string of the molecule is CCC(C(=O)NC1CCCCC1)N(Cc1ccccc1)C(=O)CN(c1ccc(C)cc1)S(C)(=O)=O. The van der Waals surface area contributed by atoms with E-state index in [1.54, 1.807) is 12.1 Å². The van der Waals surface area contributed by atoms with E-state index in [1.165, 1.54) is 11.3 Å². The van der Waals surface area contributed by atoms with E-state index in [1.807, 2.05) is 56.3 Å². The summed E-state index contributed by atoms with van der Waals surface area (Å²) in [6.07, 6.45) is 6.79. The fourth-order valence-electron chi connectivity index (χ4n) is 4.57. The van der Waals surface area contributed by atoms with Crippen LogP contribution in [0.25, 0.3) is 0 Å². The summed E-state index contributed by atoms with van der Waals surface area (Å²) in [6.45, 7) is 3.65. The number of anilines is 1. The average molecular weight is 500 g/mol. The number of rotatable bonds is 10. The molecule has 0 aliphatic heterocycles. The lowest BCUT2D eigenvalue weighted by Gasteiger charge is -2.34. The highest BCUT2D eigenvalue weighted by molar-refractivity contribution is 7.92. The summed E-state index contributed by atoms with van der Waals surface area (Å²) in [5.41, 5.74) is 2.29. The second kappa shape index (κ2) is 12.2. The van der Waals surface area contributed by atoms with Crippen LogP contribution >= 0.6 is 0 Å². The van der Waals surface area contributed by atoms with E-state index in [0.717, 1.165) is 47.4 Å². The summed E-state index contributed by atoms with van der Waals surface area (Å²) in [5, 5.41) is 3.15. The highest BCUT2D eigenvalue weighted by Gasteiger charge is 2.32. The second-order valence-electron chi connectivity index (χ2n) is 9.38. The Morgan fingerprint density at radius 2 is 1.63 bits per heavy atom. The molecule has 3 rings (SSSR count). The molecule has 0 radical (unpaired) electrons. The molecule has 0 spiro atoms. The molecule has 0 saturated heterocycles. The Balaban J connectivity index is 1.88. The summed E-state index contributed by atoms with van der Waals surface area (Å²) in [5.74, 6) is -0.588. The molecule has 1 aliphatic rings. The van der Waals surface area contributed by atoms with Gasteiger partial charge in [-0.1, -0.05) is 74.2 Å². The first-order valence-corrected chi connectivity index (χ1v) is 14.2. The monoisotopic (exact) mass is 499 g/mol. The van der Waals surface area contributed by atoms with Gasteiger partial charge in [0.15, 0.2) is 0 Å². The van der Waals surface area contributed by atoms with Crippen LogP contribution in [0.2, 0.25) is 0 Å². The molecule has 1 saturated carbocycles. The minimum atomic E-state index is -3.72. The van der Waals surface area contributed by atoms with Gasteiger partial charge in [0.05, 0.1) is 11.9 Å². The summed E-state index contributed by atoms with van der Waals surface area (Å²) in [7, 11) is -3.72. The molecule has 1 aliphatic carbocycles. The Hall–Kier alpha value is -2.87. The number of amides is 2. The van der Waals surface area contributed by atoms with Crippen LogP contribution in [0.15, 0.2) is 54.6 Å². The maximum absolute atomic E-state index is 13.7. The number of hydrogen-bond donors (Lipinski definition) is 1. The highest BCUT2D eigenvalue weighted by atomic mass is 32.2. The summed E-state index contributed by atoms with van der Waals surface area (Å²) >= 11 is 0. The quantitative estimate of drug-likeness (QED) is 0.535. The van der Waals surface area contributed by atoms with Crippen LogP contribution in [0.1, 0.15) is 56.6 Å². The molecule has 0 heterocycles. The van der Waals surface area contributed by atoms with Gasteiger partial charge in [0, 0.05) is 12.6 Å². The van der Waals surface area contributed by atoms with E-state index < -0.39 is 22.0 Å². The third-order valence-corrected chi connectivity index (χ3v) is 7.67. The van der Waals surface area contributed by atoms with E-state index in [9.17, 15) is 18.0 Å². The van der Waals surface area contributed by atoms with Crippen molar-refractivity contribution in [1.29, 1.82) is 0 Å². The van der Waals surface area contributed by atoms with Gasteiger partial charge in [0.25, 0.3) is 0 Å². The minimum Gasteiger partial charge on any atom is -0.352 e. The van der Waals surface area contributed by atoms with Gasteiger partial charge in [-0.2, -0.15) is 0 Å². The van der Waals surface area contributed by atoms with E-state index in [-0.39, 0.29) is 25.0 Å². The maximum Gasteiger partial charge on any atom is 0.244 e. The molecule has 1 unspecified atom stereocenters. The predicted octanol–water partition coefficient (Wildman–Crippen LogP) is 4.02. The van der Waals surface area contributed by atoms with Gasteiger partial charge in [-0.25, -0.2) is 8.42 Å². The third-order valence-electron chi connectivity index (χ3n) is 6.53. The van der Waals surface area contributed by atoms with Gasteiger partial charge in [-0.05, 0) is 43.9 Å². The number of nitrogens with zero attached hydrogens (tertiary/aromatic N) is 2. The topological polar surface area (TPSA) is 86.8 Å². The summed E-state index contributed by atoms with van der Waals surface area (Å²) in [4.78, 5) is 28.5. The van der Waals surface area contributed by atoms with Gasteiger partial charge in [-0.3, -0.25) is 13.9 Å². The Labute approximate surface area is 209 Å². The molecule has 2 amide bonds. The van der Waals surface area contributed by atoms with Crippen molar-refractivity contribution in [1.82, 2.24) is 10.2 Å². The molecule has 7 nitrogen and oxygen atoms in total. The Kier molecular flexibility index (Phi) is 9.32. The summed E-state index contributed by atoms with van der Waals surface area (Å²) in [6, 6.07) is 15.9. The van der Waals surface area contributed by atoms with Crippen molar-refractivity contribution < 1.29 is 18.0 Å². The van der Waals surface area contributed by atoms with Crippen molar-refractivity contribution in [2.45, 2.75) is 71.0 Å². The number of sulfonamides is 1. The van der Waals surface area contributed by atoms with Gasteiger partial charge < -0.3 is 10.2 Å². The zero-order valence-electron chi connectivity index (χ0n) is 20.9. The molecule has 2 aromatic carbocycles. The molecular formula is C27H37N3O4S. The van der Waals surface area contributed by atoms with Crippen molar-refractivity contribution >= 4 is 27.5 Å². The molecule has 0 bridgehead atoms. The van der Waals surface area contributed by atoms with E-state index in [2.05, 4.69) is 5.32 Å². The highest BCUT2D eigenvalue weighted by Crippen LogP contribution is 2.21. The normalized spacial score (nSPS) is 15.3. The fourth-order valence-corrected chi connectivity index (χ4v) is 5.42. The van der Waals surface area contributed by atoms with Crippen LogP contribution in [0.4, 0.5) is 5.69 Å². The number of aryl methyl sites for hydroxylation is 1. The number of carbonyl (C=O) groups excluding carboxylic acids is 2. The predicted molar refractivity (Wildman–Crippen MR) is 139 cm³/mol. The average Bonchev–Trinajstić information content (AvgIpc) is 2.83. The van der Waals surface area contributed by atoms with E-state index in [4.69, 9.17) is 0 Å². The molecular weight excluding hydrogens is 462 g/mol. The van der Waals surface area contributed by atoms with Crippen LogP contribution in [-0.4, -0.2) is 50.0 Å². The van der Waals surface area contributed by atoms with E-state index in [0.29, 0.717) is 12.1 Å². The lowest BCUT2D eigenvalue weighted by molar-refractivity contribution is -0.140. The zero-order chi connectivity index (χ0) is 25.4. The third kappa shape index (κ3) is 7.56. The summed E-state index contributed by atoms with van der Waals surface area (Å²) < 4.78 is 26.4. The fraction of sp³-hybridized carbons (Fsp3) is 0.481. The van der Waals surface area contributed by atoms with Crippen molar-refractivity contribution in [3.8, 4) is 0 Å². The van der Waals surface area contributed by atoms with Crippen molar-refractivity contribution in [2.75, 3.05) is 17.1 Å². The molecule has 1 atom stereocenters. The Morgan fingerprint density at radius 3 is 2.20 bits per heavy atom. The van der Waals surface area contributed by atoms with Crippen molar-refractivity contribution in [3.63, 3.8) is 0 Å². The molecule has 35 heavy (non-hydrogen) atoms. The molecule has 8 heteroatoms. The zero-order valence-corrected chi connectivity index (χ0v) is 21.8. The van der Waals surface area contributed by atoms with E-state index >= 15 is 0 Å². The molecule has 190 valence electrons. The number of nitrogens with one attached hydrogen (secondary N) is 1. The lowest BCUT2D eigenvalue weighted by atomic mass is 9.95. The van der Waals surface area contributed by atoms with Crippen LogP contribution in [0.3, 0.4) is 0 Å². The lowest BCUT2D eigenvalue weighted by Crippen LogP contribution is -2.53. The standard InChI is InChI=1S/C27H37N3O4S/c1-4-25(27(32)28-23-13-9-6-10-14-23)29(19-22-11-7-5-8-12-22)26(31)20-30(35(3,33)34)24-17-15-21(2)16-18-24/h5,7-8,11-12,15-18,23,25H,4,6,9-10,13-14,19-20H2,1-3H3,(H,28,32). The molecule has 1 N–H and O–H groups in total. The van der Waals surface area contributed by atoms with Crippen LogP contribution < -0.4 is 9.62 Å². The number of hydrogen-bond acceptors (Lipinski definition) is 4. The van der Waals surface area contributed by atoms with Gasteiger partial charge in [-0.15, -0.1) is 0 Å². The molecule has 2 aromatic rings. The first kappa shape index (κ1) is 26.7. The number of carbonyl (C=O) groups is 2. The maximum atomic E-state index is 13.7. The van der Waals surface area contributed by atoms with Crippen LogP contribution in [0, 0.1) is 6.92 Å². The van der Waals surface area contributed by atoms with Crippen LogP contribution in [0.5, 0.6) is 0 Å². The minimum absolute atomic E-state index is 0.124. The van der Waals surface area contributed by atoms with Gasteiger partial charge >= 0.3 is 0 Å². The van der Waals surface area contributed by atoms with Crippen molar-refractivity contribution in [2.24, 2.45) is 0 Å². The smallest absolute Gasteiger partial charge is 0.244 e. The molecule has 1 fully saturated rings. The van der Waals surface area contributed by atoms with Gasteiger partial charge in [0.2, 0.25) is 21.8 Å². The molecule has 0 aromatic heterocycles.